The zero-order valence-electron chi connectivity index (χ0n) is 19.6. The summed E-state index contributed by atoms with van der Waals surface area (Å²) in [7, 11) is 0. The van der Waals surface area contributed by atoms with Crippen LogP contribution >= 0.6 is 0 Å². The SMILES string of the molecule is O=C(O)C1CN(Cc2ccc3c(c2)CCCc2c(-c4noc(-c5ccccc5)c4C(F)(F)F)noc2-3)C1. The van der Waals surface area contributed by atoms with Crippen LogP contribution in [0.1, 0.15) is 28.7 Å². The van der Waals surface area contributed by atoms with E-state index in [0.29, 0.717) is 43.8 Å². The van der Waals surface area contributed by atoms with Gasteiger partial charge < -0.3 is 14.2 Å². The molecule has 2 aromatic carbocycles. The highest BCUT2D eigenvalue weighted by Gasteiger charge is 2.43. The van der Waals surface area contributed by atoms with Crippen LogP contribution in [0.4, 0.5) is 13.2 Å². The second kappa shape index (κ2) is 8.88. The van der Waals surface area contributed by atoms with Gasteiger partial charge in [0.15, 0.2) is 11.5 Å². The number of aliphatic carboxylic acids is 1. The molecule has 37 heavy (non-hydrogen) atoms. The first-order chi connectivity index (χ1) is 17.8. The number of carboxylic acids is 1. The molecule has 1 aliphatic heterocycles. The van der Waals surface area contributed by atoms with Crippen LogP contribution in [0.2, 0.25) is 0 Å². The summed E-state index contributed by atoms with van der Waals surface area (Å²) in [5.41, 5.74) is 2.43. The number of alkyl halides is 3. The Morgan fingerprint density at radius 3 is 2.46 bits per heavy atom. The molecular weight excluding hydrogens is 487 g/mol. The van der Waals surface area contributed by atoms with Gasteiger partial charge in [-0.05, 0) is 30.4 Å². The van der Waals surface area contributed by atoms with Crippen molar-refractivity contribution in [1.82, 2.24) is 15.2 Å². The van der Waals surface area contributed by atoms with Crippen LogP contribution in [-0.4, -0.2) is 39.4 Å². The quantitative estimate of drug-likeness (QED) is 0.370. The van der Waals surface area contributed by atoms with E-state index in [4.69, 9.17) is 14.2 Å². The monoisotopic (exact) mass is 509 g/mol. The molecule has 1 N–H and O–H groups in total. The molecule has 1 fully saturated rings. The van der Waals surface area contributed by atoms with Crippen molar-refractivity contribution in [2.75, 3.05) is 13.1 Å². The number of halogens is 3. The Hall–Kier alpha value is -3.92. The highest BCUT2D eigenvalue weighted by molar-refractivity contribution is 5.78. The average Bonchev–Trinajstić information content (AvgIpc) is 3.42. The van der Waals surface area contributed by atoms with Crippen molar-refractivity contribution in [3.63, 3.8) is 0 Å². The van der Waals surface area contributed by atoms with Gasteiger partial charge >= 0.3 is 12.1 Å². The van der Waals surface area contributed by atoms with Gasteiger partial charge in [-0.25, -0.2) is 0 Å². The average molecular weight is 509 g/mol. The van der Waals surface area contributed by atoms with Crippen LogP contribution in [0.5, 0.6) is 0 Å². The van der Waals surface area contributed by atoms with E-state index in [1.165, 1.54) is 0 Å². The highest BCUT2D eigenvalue weighted by atomic mass is 19.4. The molecule has 6 rings (SSSR count). The molecule has 0 unspecified atom stereocenters. The zero-order valence-corrected chi connectivity index (χ0v) is 19.6. The number of rotatable bonds is 5. The first kappa shape index (κ1) is 23.5. The van der Waals surface area contributed by atoms with Gasteiger partial charge in [0.1, 0.15) is 17.0 Å². The number of carbonyl (C=O) groups is 1. The van der Waals surface area contributed by atoms with Gasteiger partial charge in [0, 0.05) is 36.3 Å². The van der Waals surface area contributed by atoms with E-state index in [2.05, 4.69) is 21.3 Å². The fraction of sp³-hybridized carbons (Fsp3) is 0.296. The lowest BCUT2D eigenvalue weighted by Gasteiger charge is -2.36. The Morgan fingerprint density at radius 1 is 1.00 bits per heavy atom. The summed E-state index contributed by atoms with van der Waals surface area (Å²) >= 11 is 0. The standard InChI is InChI=1S/C27H22F3N3O4/c28-27(29,30)21-23(32-36-24(21)16-5-2-1-3-6-16)22-20-8-4-7-17-11-15(9-10-19(17)25(20)37-31-22)12-33-13-18(14-33)26(34)35/h1-3,5-6,9-11,18H,4,7-8,12-14H2,(H,34,35). The third kappa shape index (κ3) is 4.21. The van der Waals surface area contributed by atoms with Gasteiger partial charge in [0.25, 0.3) is 0 Å². The number of hydrogen-bond donors (Lipinski definition) is 1. The van der Waals surface area contributed by atoms with Crippen molar-refractivity contribution < 1.29 is 32.1 Å². The van der Waals surface area contributed by atoms with E-state index in [-0.39, 0.29) is 28.6 Å². The van der Waals surface area contributed by atoms with Crippen LogP contribution in [0.15, 0.2) is 57.6 Å². The minimum absolute atomic E-state index is 0.0467. The number of nitrogens with zero attached hydrogens (tertiary/aromatic N) is 3. The van der Waals surface area contributed by atoms with E-state index >= 15 is 0 Å². The van der Waals surface area contributed by atoms with E-state index < -0.39 is 17.7 Å². The maximum Gasteiger partial charge on any atom is 0.422 e. The molecule has 0 atom stereocenters. The van der Waals surface area contributed by atoms with Crippen LogP contribution in [0.3, 0.4) is 0 Å². The van der Waals surface area contributed by atoms with E-state index in [1.807, 2.05) is 12.1 Å². The first-order valence-corrected chi connectivity index (χ1v) is 12.0. The lowest BCUT2D eigenvalue weighted by molar-refractivity contribution is -0.147. The summed E-state index contributed by atoms with van der Waals surface area (Å²) in [6.45, 7) is 1.68. The molecule has 4 aromatic rings. The molecule has 3 heterocycles. The summed E-state index contributed by atoms with van der Waals surface area (Å²) in [5.74, 6) is -1.00. The van der Waals surface area contributed by atoms with Gasteiger partial charge in [-0.3, -0.25) is 9.69 Å². The van der Waals surface area contributed by atoms with E-state index in [0.717, 1.165) is 23.1 Å². The molecule has 2 aromatic heterocycles. The number of aryl methyl sites for hydroxylation is 1. The van der Waals surface area contributed by atoms with E-state index in [9.17, 15) is 18.0 Å². The van der Waals surface area contributed by atoms with Gasteiger partial charge in [0.2, 0.25) is 0 Å². The lowest BCUT2D eigenvalue weighted by atomic mass is 9.96. The molecule has 7 nitrogen and oxygen atoms in total. The largest absolute Gasteiger partial charge is 0.481 e. The minimum atomic E-state index is -4.71. The number of hydrogen-bond acceptors (Lipinski definition) is 6. The Bertz CT molecular complexity index is 1470. The number of likely N-dealkylation sites (tertiary alicyclic amines) is 1. The van der Waals surface area contributed by atoms with Gasteiger partial charge in [-0.2, -0.15) is 13.2 Å². The third-order valence-electron chi connectivity index (χ3n) is 7.02. The summed E-state index contributed by atoms with van der Waals surface area (Å²) < 4.78 is 53.6. The Labute approximate surface area is 209 Å². The predicted molar refractivity (Wildman–Crippen MR) is 126 cm³/mol. The van der Waals surface area contributed by atoms with Crippen LogP contribution in [0, 0.1) is 5.92 Å². The molecule has 2 aliphatic rings. The van der Waals surface area contributed by atoms with Crippen LogP contribution < -0.4 is 0 Å². The van der Waals surface area contributed by atoms with Gasteiger partial charge in [0.05, 0.1) is 5.92 Å². The zero-order chi connectivity index (χ0) is 25.7. The Kier molecular flexibility index (Phi) is 5.63. The number of benzene rings is 2. The molecule has 0 radical (unpaired) electrons. The Morgan fingerprint density at radius 2 is 1.73 bits per heavy atom. The summed E-state index contributed by atoms with van der Waals surface area (Å²) in [6, 6.07) is 14.0. The van der Waals surface area contributed by atoms with Crippen LogP contribution in [-0.2, 0) is 30.4 Å². The number of aromatic nitrogens is 2. The second-order valence-corrected chi connectivity index (χ2v) is 9.51. The third-order valence-corrected chi connectivity index (χ3v) is 7.02. The molecule has 10 heteroatoms. The van der Waals surface area contributed by atoms with Crippen molar-refractivity contribution in [3.05, 3.63) is 70.8 Å². The van der Waals surface area contributed by atoms with Gasteiger partial charge in [-0.1, -0.05) is 58.8 Å². The summed E-state index contributed by atoms with van der Waals surface area (Å²) in [6.07, 6.45) is -2.80. The molecule has 0 amide bonds. The molecule has 0 bridgehead atoms. The Balaban J connectivity index is 1.35. The van der Waals surface area contributed by atoms with E-state index in [1.54, 1.807) is 30.3 Å². The van der Waals surface area contributed by atoms with Gasteiger partial charge in [-0.15, -0.1) is 0 Å². The molecular formula is C27H22F3N3O4. The normalized spacial score (nSPS) is 16.1. The molecule has 0 saturated carbocycles. The maximum atomic E-state index is 14.2. The lowest BCUT2D eigenvalue weighted by Crippen LogP contribution is -2.49. The van der Waals surface area contributed by atoms with Crippen molar-refractivity contribution in [2.45, 2.75) is 32.0 Å². The van der Waals surface area contributed by atoms with Crippen molar-refractivity contribution in [1.29, 1.82) is 0 Å². The minimum Gasteiger partial charge on any atom is -0.481 e. The first-order valence-electron chi connectivity index (χ1n) is 12.0. The van der Waals surface area contributed by atoms with Crippen molar-refractivity contribution in [3.8, 4) is 34.0 Å². The summed E-state index contributed by atoms with van der Waals surface area (Å²) in [5, 5.41) is 16.9. The number of carboxylic acid groups (broad SMARTS) is 1. The predicted octanol–water partition coefficient (Wildman–Crippen LogP) is 5.69. The smallest absolute Gasteiger partial charge is 0.422 e. The highest BCUT2D eigenvalue weighted by Crippen LogP contribution is 2.46. The fourth-order valence-electron chi connectivity index (χ4n) is 5.18. The fourth-order valence-corrected chi connectivity index (χ4v) is 5.18. The molecule has 0 spiro atoms. The topological polar surface area (TPSA) is 92.6 Å². The summed E-state index contributed by atoms with van der Waals surface area (Å²) in [4.78, 5) is 13.1. The maximum absolute atomic E-state index is 14.2. The molecule has 1 saturated heterocycles. The molecule has 1 aliphatic carbocycles. The molecule has 190 valence electrons. The second-order valence-electron chi connectivity index (χ2n) is 9.51. The van der Waals surface area contributed by atoms with Crippen LogP contribution in [0.25, 0.3) is 34.0 Å². The number of fused-ring (bicyclic) bond motifs is 3. The van der Waals surface area contributed by atoms with Crippen molar-refractivity contribution in [2.24, 2.45) is 5.92 Å². The van der Waals surface area contributed by atoms with Crippen molar-refractivity contribution >= 4 is 5.97 Å².